The molecule has 0 spiro atoms. The van der Waals surface area contributed by atoms with E-state index < -0.39 is 5.97 Å². The van der Waals surface area contributed by atoms with E-state index >= 15 is 0 Å². The molecule has 6 nitrogen and oxygen atoms in total. The third kappa shape index (κ3) is 5.05. The van der Waals surface area contributed by atoms with Crippen molar-refractivity contribution in [1.82, 2.24) is 4.90 Å². The van der Waals surface area contributed by atoms with Crippen LogP contribution < -0.4 is 0 Å². The molecule has 0 bridgehead atoms. The SMILES string of the molecule is CCOC(=O)C1=C(O)CCN(C/C=C\CC(=O)OC)C1. The van der Waals surface area contributed by atoms with Crippen LogP contribution in [0, 0.1) is 0 Å². The molecule has 0 amide bonds. The van der Waals surface area contributed by atoms with Crippen molar-refractivity contribution in [3.8, 4) is 0 Å². The molecule has 1 N–H and O–H groups in total. The third-order valence-electron chi connectivity index (χ3n) is 2.96. The molecule has 6 heteroatoms. The van der Waals surface area contributed by atoms with Crippen molar-refractivity contribution in [3.63, 3.8) is 0 Å². The van der Waals surface area contributed by atoms with E-state index in [-0.39, 0.29) is 24.8 Å². The van der Waals surface area contributed by atoms with Crippen molar-refractivity contribution in [3.05, 3.63) is 23.5 Å². The number of hydrogen-bond acceptors (Lipinski definition) is 6. The predicted octanol–water partition coefficient (Wildman–Crippen LogP) is 1.19. The number of aliphatic hydroxyl groups excluding tert-OH is 1. The van der Waals surface area contributed by atoms with Crippen LogP contribution in [0.5, 0.6) is 0 Å². The van der Waals surface area contributed by atoms with Crippen LogP contribution in [-0.2, 0) is 19.1 Å². The van der Waals surface area contributed by atoms with Crippen LogP contribution in [0.1, 0.15) is 19.8 Å². The highest BCUT2D eigenvalue weighted by Crippen LogP contribution is 2.17. The van der Waals surface area contributed by atoms with Crippen LogP contribution in [0.3, 0.4) is 0 Å². The van der Waals surface area contributed by atoms with Gasteiger partial charge in [-0.15, -0.1) is 0 Å². The molecule has 0 aromatic heterocycles. The van der Waals surface area contributed by atoms with Gasteiger partial charge < -0.3 is 14.6 Å². The lowest BCUT2D eigenvalue weighted by molar-refractivity contribution is -0.140. The Kier molecular flexibility index (Phi) is 6.79. The van der Waals surface area contributed by atoms with Gasteiger partial charge in [-0.3, -0.25) is 9.69 Å². The third-order valence-corrected chi connectivity index (χ3v) is 2.96. The van der Waals surface area contributed by atoms with Crippen molar-refractivity contribution in [1.29, 1.82) is 0 Å². The van der Waals surface area contributed by atoms with Crippen LogP contribution in [0.25, 0.3) is 0 Å². The van der Waals surface area contributed by atoms with E-state index in [1.807, 2.05) is 11.0 Å². The molecular formula is C14H21NO5. The largest absolute Gasteiger partial charge is 0.512 e. The minimum absolute atomic E-state index is 0.109. The average molecular weight is 283 g/mol. The van der Waals surface area contributed by atoms with Crippen LogP contribution in [0.2, 0.25) is 0 Å². The van der Waals surface area contributed by atoms with Crippen LogP contribution in [0.15, 0.2) is 23.5 Å². The number of rotatable bonds is 6. The fourth-order valence-electron chi connectivity index (χ4n) is 1.85. The fraction of sp³-hybridized carbons (Fsp3) is 0.571. The summed E-state index contributed by atoms with van der Waals surface area (Å²) in [5.41, 5.74) is 0.319. The first-order valence-corrected chi connectivity index (χ1v) is 6.60. The zero-order chi connectivity index (χ0) is 15.0. The average Bonchev–Trinajstić information content (AvgIpc) is 2.45. The number of nitrogens with zero attached hydrogens (tertiary/aromatic N) is 1. The van der Waals surface area contributed by atoms with Crippen molar-refractivity contribution >= 4 is 11.9 Å². The minimum atomic E-state index is -0.465. The second kappa shape index (κ2) is 8.37. The summed E-state index contributed by atoms with van der Waals surface area (Å²) in [5, 5.41) is 9.73. The van der Waals surface area contributed by atoms with E-state index in [4.69, 9.17) is 4.74 Å². The molecule has 1 aliphatic rings. The van der Waals surface area contributed by atoms with Crippen molar-refractivity contribution in [2.45, 2.75) is 19.8 Å². The van der Waals surface area contributed by atoms with Gasteiger partial charge in [0.2, 0.25) is 0 Å². The topological polar surface area (TPSA) is 76.1 Å². The number of carbonyl (C=O) groups excluding carboxylic acids is 2. The number of carbonyl (C=O) groups is 2. The zero-order valence-electron chi connectivity index (χ0n) is 11.9. The monoisotopic (exact) mass is 283 g/mol. The Morgan fingerprint density at radius 1 is 1.40 bits per heavy atom. The summed E-state index contributed by atoms with van der Waals surface area (Å²) in [5.74, 6) is -0.642. The Hall–Kier alpha value is -1.82. The van der Waals surface area contributed by atoms with E-state index in [0.717, 1.165) is 0 Å². The van der Waals surface area contributed by atoms with Crippen LogP contribution >= 0.6 is 0 Å². The summed E-state index contributed by atoms with van der Waals surface area (Å²) in [4.78, 5) is 24.6. The Labute approximate surface area is 118 Å². The summed E-state index contributed by atoms with van der Waals surface area (Å²) < 4.78 is 9.44. The molecule has 0 saturated heterocycles. The van der Waals surface area contributed by atoms with Crippen LogP contribution in [-0.4, -0.2) is 55.3 Å². The van der Waals surface area contributed by atoms with Gasteiger partial charge in [-0.2, -0.15) is 0 Å². The number of aliphatic hydroxyl groups is 1. The molecule has 0 aromatic rings. The summed E-state index contributed by atoms with van der Waals surface area (Å²) in [7, 11) is 1.35. The summed E-state index contributed by atoms with van der Waals surface area (Å²) in [6, 6.07) is 0. The van der Waals surface area contributed by atoms with E-state index in [1.165, 1.54) is 7.11 Å². The summed E-state index contributed by atoms with van der Waals surface area (Å²) in [6.45, 7) is 3.64. The molecule has 0 aromatic carbocycles. The predicted molar refractivity (Wildman–Crippen MR) is 73.1 cm³/mol. The van der Waals surface area contributed by atoms with E-state index in [2.05, 4.69) is 4.74 Å². The highest BCUT2D eigenvalue weighted by Gasteiger charge is 2.23. The molecule has 20 heavy (non-hydrogen) atoms. The maximum Gasteiger partial charge on any atom is 0.338 e. The highest BCUT2D eigenvalue weighted by atomic mass is 16.5. The van der Waals surface area contributed by atoms with Crippen LogP contribution in [0.4, 0.5) is 0 Å². The van der Waals surface area contributed by atoms with Gasteiger partial charge in [-0.05, 0) is 6.92 Å². The summed E-state index contributed by atoms with van der Waals surface area (Å²) >= 11 is 0. The first-order valence-electron chi connectivity index (χ1n) is 6.60. The molecule has 0 unspecified atom stereocenters. The zero-order valence-corrected chi connectivity index (χ0v) is 11.9. The van der Waals surface area contributed by atoms with Gasteiger partial charge in [0, 0.05) is 26.1 Å². The Bertz CT molecular complexity index is 414. The lowest BCUT2D eigenvalue weighted by atomic mass is 10.1. The second-order valence-electron chi connectivity index (χ2n) is 4.38. The molecule has 112 valence electrons. The first kappa shape index (κ1) is 16.2. The molecule has 0 saturated carbocycles. The van der Waals surface area contributed by atoms with E-state index in [9.17, 15) is 14.7 Å². The Morgan fingerprint density at radius 2 is 2.15 bits per heavy atom. The van der Waals surface area contributed by atoms with Gasteiger partial charge in [-0.25, -0.2) is 4.79 Å². The molecule has 1 aliphatic heterocycles. The molecule has 0 radical (unpaired) electrons. The Balaban J connectivity index is 2.47. The second-order valence-corrected chi connectivity index (χ2v) is 4.38. The van der Waals surface area contributed by atoms with Gasteiger partial charge in [0.25, 0.3) is 0 Å². The minimum Gasteiger partial charge on any atom is -0.512 e. The number of methoxy groups -OCH3 is 1. The standard InChI is InChI=1S/C14H21NO5/c1-3-20-14(18)11-10-15(9-7-12(11)16)8-5-4-6-13(17)19-2/h4-5,16H,3,6-10H2,1-2H3/b5-4-. The molecule has 0 fully saturated rings. The van der Waals surface area contributed by atoms with E-state index in [1.54, 1.807) is 13.0 Å². The number of ether oxygens (including phenoxy) is 2. The molecule has 0 atom stereocenters. The lowest BCUT2D eigenvalue weighted by Gasteiger charge is -2.26. The number of hydrogen-bond donors (Lipinski definition) is 1. The smallest absolute Gasteiger partial charge is 0.338 e. The maximum absolute atomic E-state index is 11.7. The quantitative estimate of drug-likeness (QED) is 0.583. The van der Waals surface area contributed by atoms with Gasteiger partial charge in [0.15, 0.2) is 0 Å². The van der Waals surface area contributed by atoms with Gasteiger partial charge in [-0.1, -0.05) is 12.2 Å². The molecule has 0 aliphatic carbocycles. The van der Waals surface area contributed by atoms with Crippen molar-refractivity contribution in [2.75, 3.05) is 33.4 Å². The Morgan fingerprint density at radius 3 is 2.80 bits per heavy atom. The fourth-order valence-corrected chi connectivity index (χ4v) is 1.85. The lowest BCUT2D eigenvalue weighted by Crippen LogP contribution is -2.35. The molecule has 1 heterocycles. The van der Waals surface area contributed by atoms with Crippen molar-refractivity contribution < 1.29 is 24.2 Å². The molecule has 1 rings (SSSR count). The molecular weight excluding hydrogens is 262 g/mol. The van der Waals surface area contributed by atoms with Gasteiger partial charge in [0.1, 0.15) is 5.76 Å². The maximum atomic E-state index is 11.7. The normalized spacial score (nSPS) is 16.5. The summed E-state index contributed by atoms with van der Waals surface area (Å²) in [6.07, 6.45) is 4.24. The van der Waals surface area contributed by atoms with E-state index in [0.29, 0.717) is 31.6 Å². The highest BCUT2D eigenvalue weighted by molar-refractivity contribution is 5.89. The number of esters is 2. The first-order chi connectivity index (χ1) is 9.58. The van der Waals surface area contributed by atoms with Crippen molar-refractivity contribution in [2.24, 2.45) is 0 Å². The van der Waals surface area contributed by atoms with Gasteiger partial charge >= 0.3 is 11.9 Å². The van der Waals surface area contributed by atoms with Gasteiger partial charge in [0.05, 0.1) is 25.7 Å².